The van der Waals surface area contributed by atoms with Crippen molar-refractivity contribution in [3.05, 3.63) is 22.8 Å². The molecule has 8 atom stereocenters. The van der Waals surface area contributed by atoms with Crippen molar-refractivity contribution in [2.24, 2.45) is 39.4 Å². The molecule has 4 aliphatic carbocycles. The van der Waals surface area contributed by atoms with Crippen LogP contribution in [0.2, 0.25) is 0 Å². The Morgan fingerprint density at radius 3 is 2.30 bits per heavy atom. The van der Waals surface area contributed by atoms with E-state index in [4.69, 9.17) is 4.74 Å². The van der Waals surface area contributed by atoms with Gasteiger partial charge in [0, 0.05) is 18.9 Å². The number of allylic oxidation sites excluding steroid dienone is 2. The van der Waals surface area contributed by atoms with E-state index in [0.717, 1.165) is 51.4 Å². The number of carbonyl (C=O) groups is 2. The Balaban J connectivity index is 1.66. The number of ether oxygens (including phenoxy) is 1. The van der Waals surface area contributed by atoms with Gasteiger partial charge < -0.3 is 14.9 Å². The molecule has 0 radical (unpaired) electrons. The molecule has 2 fully saturated rings. The number of rotatable bonds is 6. The van der Waals surface area contributed by atoms with E-state index >= 15 is 0 Å². The molecule has 2 N–H and O–H groups in total. The first-order chi connectivity index (χ1) is 17.1. The fourth-order valence-electron chi connectivity index (χ4n) is 9.78. The molecule has 0 unspecified atom stereocenters. The third kappa shape index (κ3) is 4.32. The van der Waals surface area contributed by atoms with Gasteiger partial charge in [-0.2, -0.15) is 0 Å². The monoisotopic (exact) mass is 514 g/mol. The smallest absolute Gasteiger partial charge is 0.330 e. The molecule has 2 saturated carbocycles. The fourth-order valence-corrected chi connectivity index (χ4v) is 9.78. The molecule has 4 aliphatic rings. The van der Waals surface area contributed by atoms with Crippen LogP contribution >= 0.6 is 0 Å². The van der Waals surface area contributed by atoms with Gasteiger partial charge in [-0.3, -0.25) is 4.79 Å². The standard InChI is InChI=1S/C32H50O5/c1-19(28(35)36)9-11-25(37-21(3)33)20(2)22-13-17-32(8)24-10-12-26-29(4,5)27(34)15-16-30(26,6)23(24)14-18-31(22,32)7/h9,20,22,25-27,34H,10-18H2,1-8H3,(H,35,36)/b19-9+/t20-,22+,25+,26+,27+,30+,31+,32-/m0/s1. The molecule has 0 aromatic rings. The highest BCUT2D eigenvalue weighted by Gasteiger charge is 2.63. The molecule has 0 aliphatic heterocycles. The molecule has 0 heterocycles. The Hall–Kier alpha value is -1.62. The van der Waals surface area contributed by atoms with Crippen LogP contribution in [-0.4, -0.2) is 34.4 Å². The lowest BCUT2D eigenvalue weighted by molar-refractivity contribution is -0.151. The number of carboxylic acid groups (broad SMARTS) is 1. The third-order valence-electron chi connectivity index (χ3n) is 12.3. The normalized spacial score (nSPS) is 40.8. The summed E-state index contributed by atoms with van der Waals surface area (Å²) in [5.41, 5.74) is 4.05. The Kier molecular flexibility index (Phi) is 7.32. The zero-order chi connectivity index (χ0) is 27.6. The summed E-state index contributed by atoms with van der Waals surface area (Å²) in [4.78, 5) is 23.4. The second kappa shape index (κ2) is 9.54. The number of aliphatic hydroxyl groups is 1. The summed E-state index contributed by atoms with van der Waals surface area (Å²) >= 11 is 0. The maximum Gasteiger partial charge on any atom is 0.330 e. The van der Waals surface area contributed by atoms with Crippen LogP contribution in [0.5, 0.6) is 0 Å². The van der Waals surface area contributed by atoms with E-state index in [1.165, 1.54) is 6.92 Å². The second-order valence-corrected chi connectivity index (χ2v) is 14.2. The van der Waals surface area contributed by atoms with Gasteiger partial charge in [-0.1, -0.05) is 58.8 Å². The van der Waals surface area contributed by atoms with Crippen LogP contribution in [0.1, 0.15) is 113 Å². The number of hydrogen-bond acceptors (Lipinski definition) is 4. The van der Waals surface area contributed by atoms with Crippen molar-refractivity contribution in [2.45, 2.75) is 125 Å². The molecule has 4 rings (SSSR count). The highest BCUT2D eigenvalue weighted by Crippen LogP contribution is 2.72. The first-order valence-corrected chi connectivity index (χ1v) is 14.6. The van der Waals surface area contributed by atoms with E-state index in [1.54, 1.807) is 24.1 Å². The van der Waals surface area contributed by atoms with Crippen molar-refractivity contribution in [1.29, 1.82) is 0 Å². The first kappa shape index (κ1) is 28.4. The van der Waals surface area contributed by atoms with Crippen LogP contribution in [-0.2, 0) is 14.3 Å². The van der Waals surface area contributed by atoms with Crippen molar-refractivity contribution >= 4 is 11.9 Å². The van der Waals surface area contributed by atoms with Gasteiger partial charge in [0.25, 0.3) is 0 Å². The summed E-state index contributed by atoms with van der Waals surface area (Å²) in [6.07, 6.45) is 10.4. The molecular formula is C32H50O5. The minimum atomic E-state index is -0.927. The van der Waals surface area contributed by atoms with Crippen LogP contribution < -0.4 is 0 Å². The van der Waals surface area contributed by atoms with Gasteiger partial charge in [0.05, 0.1) is 6.10 Å². The number of hydrogen-bond donors (Lipinski definition) is 2. The molecule has 37 heavy (non-hydrogen) atoms. The lowest BCUT2D eigenvalue weighted by Crippen LogP contribution is -2.55. The third-order valence-corrected chi connectivity index (χ3v) is 12.3. The van der Waals surface area contributed by atoms with Gasteiger partial charge in [-0.05, 0) is 97.7 Å². The van der Waals surface area contributed by atoms with Crippen LogP contribution in [0.3, 0.4) is 0 Å². The Bertz CT molecular complexity index is 1010. The van der Waals surface area contributed by atoms with Crippen molar-refractivity contribution in [3.8, 4) is 0 Å². The lowest BCUT2D eigenvalue weighted by Gasteiger charge is -2.62. The molecule has 0 spiro atoms. The average molecular weight is 515 g/mol. The quantitative estimate of drug-likeness (QED) is 0.225. The molecule has 0 saturated heterocycles. The molecule has 0 aromatic heterocycles. The minimum absolute atomic E-state index is 0.0568. The molecule has 5 nitrogen and oxygen atoms in total. The number of aliphatic hydroxyl groups excluding tert-OH is 1. The predicted molar refractivity (Wildman–Crippen MR) is 146 cm³/mol. The summed E-state index contributed by atoms with van der Waals surface area (Å²) in [6.45, 7) is 17.3. The predicted octanol–water partition coefficient (Wildman–Crippen LogP) is 7.09. The van der Waals surface area contributed by atoms with Crippen LogP contribution in [0, 0.1) is 39.4 Å². The summed E-state index contributed by atoms with van der Waals surface area (Å²) in [5, 5.41) is 20.2. The summed E-state index contributed by atoms with van der Waals surface area (Å²) in [7, 11) is 0. The van der Waals surface area contributed by atoms with Gasteiger partial charge in [0.15, 0.2) is 0 Å². The van der Waals surface area contributed by atoms with E-state index in [0.29, 0.717) is 23.8 Å². The highest BCUT2D eigenvalue weighted by molar-refractivity contribution is 5.85. The van der Waals surface area contributed by atoms with Crippen LogP contribution in [0.15, 0.2) is 22.8 Å². The molecule has 0 bridgehead atoms. The maximum absolute atomic E-state index is 12.0. The van der Waals surface area contributed by atoms with Crippen LogP contribution in [0.25, 0.3) is 0 Å². The largest absolute Gasteiger partial charge is 0.478 e. The summed E-state index contributed by atoms with van der Waals surface area (Å²) in [5.74, 6) is -0.157. The van der Waals surface area contributed by atoms with E-state index in [-0.39, 0.29) is 45.8 Å². The van der Waals surface area contributed by atoms with Gasteiger partial charge in [0.2, 0.25) is 0 Å². The van der Waals surface area contributed by atoms with Crippen molar-refractivity contribution in [1.82, 2.24) is 0 Å². The Morgan fingerprint density at radius 1 is 1.00 bits per heavy atom. The molecule has 5 heteroatoms. The summed E-state index contributed by atoms with van der Waals surface area (Å²) in [6, 6.07) is 0. The van der Waals surface area contributed by atoms with E-state index < -0.39 is 5.97 Å². The van der Waals surface area contributed by atoms with Gasteiger partial charge in [0.1, 0.15) is 6.10 Å². The number of carbonyl (C=O) groups excluding carboxylic acids is 1. The first-order valence-electron chi connectivity index (χ1n) is 14.6. The molecule has 208 valence electrons. The van der Waals surface area contributed by atoms with E-state index in [2.05, 4.69) is 41.5 Å². The lowest BCUT2D eigenvalue weighted by atomic mass is 9.43. The topological polar surface area (TPSA) is 83.8 Å². The average Bonchev–Trinajstić information content (AvgIpc) is 3.09. The van der Waals surface area contributed by atoms with Gasteiger partial charge in [-0.25, -0.2) is 4.79 Å². The SMILES string of the molecule is CC(=O)O[C@H](C/C=C(\C)C(=O)O)[C@@H](C)[C@H]1CC[C@@]2(C)C3=C(CC[C@]12C)[C@@]1(C)CC[C@@H](O)C(C)(C)[C@H]1CC3. The number of aliphatic carboxylic acids is 1. The van der Waals surface area contributed by atoms with Crippen molar-refractivity contribution in [2.75, 3.05) is 0 Å². The van der Waals surface area contributed by atoms with E-state index in [1.807, 2.05) is 0 Å². The van der Waals surface area contributed by atoms with Crippen molar-refractivity contribution in [3.63, 3.8) is 0 Å². The molecular weight excluding hydrogens is 464 g/mol. The van der Waals surface area contributed by atoms with Gasteiger partial charge >= 0.3 is 11.9 Å². The number of fused-ring (bicyclic) bond motifs is 4. The zero-order valence-electron chi connectivity index (χ0n) is 24.4. The maximum atomic E-state index is 12.0. The number of carboxylic acids is 1. The van der Waals surface area contributed by atoms with Gasteiger partial charge in [-0.15, -0.1) is 0 Å². The zero-order valence-corrected chi connectivity index (χ0v) is 24.4. The van der Waals surface area contributed by atoms with E-state index in [9.17, 15) is 19.8 Å². The second-order valence-electron chi connectivity index (χ2n) is 14.2. The Labute approximate surface area is 224 Å². The van der Waals surface area contributed by atoms with Crippen LogP contribution in [0.4, 0.5) is 0 Å². The summed E-state index contributed by atoms with van der Waals surface area (Å²) < 4.78 is 5.83. The Morgan fingerprint density at radius 2 is 1.68 bits per heavy atom. The fraction of sp³-hybridized carbons (Fsp3) is 0.812. The minimum Gasteiger partial charge on any atom is -0.478 e. The number of esters is 1. The highest BCUT2D eigenvalue weighted by atomic mass is 16.5. The molecule has 0 aromatic carbocycles. The molecule has 0 amide bonds. The van der Waals surface area contributed by atoms with Crippen molar-refractivity contribution < 1.29 is 24.5 Å².